The van der Waals surface area contributed by atoms with E-state index >= 15 is 0 Å². The smallest absolute Gasteiger partial charge is 0.168 e. The molecule has 126 valence electrons. The summed E-state index contributed by atoms with van der Waals surface area (Å²) in [6.45, 7) is 0. The number of hydrogen-bond acceptors (Lipinski definition) is 5. The molecule has 1 aliphatic heterocycles. The Hall–Kier alpha value is -2.15. The number of methoxy groups -OCH3 is 1. The zero-order valence-corrected chi connectivity index (χ0v) is 15.7. The number of nitrogens with zero attached hydrogens (tertiary/aromatic N) is 2. The Balaban J connectivity index is 1.78. The number of anilines is 1. The number of halogens is 1. The van der Waals surface area contributed by atoms with Crippen LogP contribution < -0.4 is 10.1 Å². The summed E-state index contributed by atoms with van der Waals surface area (Å²) in [7, 11) is 1.65. The molecule has 0 saturated carbocycles. The van der Waals surface area contributed by atoms with Crippen molar-refractivity contribution in [1.29, 1.82) is 0 Å². The lowest BCUT2D eigenvalue weighted by Gasteiger charge is -2.23. The van der Waals surface area contributed by atoms with Crippen LogP contribution in [0.2, 0.25) is 0 Å². The van der Waals surface area contributed by atoms with Gasteiger partial charge >= 0.3 is 0 Å². The molecule has 2 heterocycles. The number of ether oxygens (including phenoxy) is 1. The van der Waals surface area contributed by atoms with Crippen LogP contribution in [-0.4, -0.2) is 16.8 Å². The Morgan fingerprint density at radius 3 is 2.56 bits per heavy atom. The van der Waals surface area contributed by atoms with Crippen LogP contribution in [0.5, 0.6) is 5.75 Å². The van der Waals surface area contributed by atoms with Gasteiger partial charge in [-0.1, -0.05) is 53.3 Å². The lowest BCUT2D eigenvalue weighted by Crippen LogP contribution is -2.18. The second-order valence-corrected chi connectivity index (χ2v) is 7.46. The third-order valence-corrected chi connectivity index (χ3v) is 5.74. The zero-order valence-electron chi connectivity index (χ0n) is 13.3. The maximum absolute atomic E-state index is 6.46. The van der Waals surface area contributed by atoms with E-state index < -0.39 is 0 Å². The van der Waals surface area contributed by atoms with Gasteiger partial charge in [-0.15, -0.1) is 0 Å². The van der Waals surface area contributed by atoms with E-state index in [4.69, 9.17) is 28.6 Å². The first kappa shape index (κ1) is 16.3. The van der Waals surface area contributed by atoms with Gasteiger partial charge in [-0.2, -0.15) is 0 Å². The molecule has 1 N–H and O–H groups in total. The van der Waals surface area contributed by atoms with Crippen LogP contribution in [0.4, 0.5) is 5.82 Å². The average molecular weight is 388 g/mol. The Labute approximate surface area is 159 Å². The first-order chi connectivity index (χ1) is 12.2. The second-order valence-electron chi connectivity index (χ2n) is 5.46. The second kappa shape index (κ2) is 6.63. The summed E-state index contributed by atoms with van der Waals surface area (Å²) in [4.78, 5) is 5.44. The molecule has 4 nitrogen and oxygen atoms in total. The molecule has 7 heteroatoms. The fourth-order valence-corrected chi connectivity index (χ4v) is 4.33. The van der Waals surface area contributed by atoms with Crippen molar-refractivity contribution in [3.8, 4) is 11.4 Å². The van der Waals surface area contributed by atoms with Gasteiger partial charge in [-0.25, -0.2) is 4.99 Å². The maximum Gasteiger partial charge on any atom is 0.168 e. The Morgan fingerprint density at radius 2 is 1.88 bits per heavy atom. The van der Waals surface area contributed by atoms with Gasteiger partial charge < -0.3 is 10.1 Å². The van der Waals surface area contributed by atoms with Crippen LogP contribution in [0.3, 0.4) is 0 Å². The first-order valence-electron chi connectivity index (χ1n) is 7.63. The van der Waals surface area contributed by atoms with Crippen molar-refractivity contribution in [2.45, 2.75) is 6.17 Å². The normalized spacial score (nSPS) is 15.9. The van der Waals surface area contributed by atoms with E-state index in [1.807, 2.05) is 59.2 Å². The molecule has 0 radical (unpaired) electrons. The third kappa shape index (κ3) is 2.97. The molecule has 0 amide bonds. The van der Waals surface area contributed by atoms with E-state index in [1.54, 1.807) is 7.11 Å². The highest BCUT2D eigenvalue weighted by Gasteiger charge is 2.26. The molecule has 1 atom stereocenters. The molecule has 0 aliphatic carbocycles. The van der Waals surface area contributed by atoms with Gasteiger partial charge in [-0.05, 0) is 42.0 Å². The van der Waals surface area contributed by atoms with Crippen LogP contribution in [0.1, 0.15) is 16.6 Å². The van der Waals surface area contributed by atoms with Crippen molar-refractivity contribution in [2.75, 3.05) is 12.4 Å². The van der Waals surface area contributed by atoms with Crippen LogP contribution >= 0.6 is 35.2 Å². The van der Waals surface area contributed by atoms with Crippen molar-refractivity contribution in [3.63, 3.8) is 0 Å². The van der Waals surface area contributed by atoms with Gasteiger partial charge in [0.25, 0.3) is 0 Å². The van der Waals surface area contributed by atoms with Gasteiger partial charge in [0.15, 0.2) is 3.95 Å². The monoisotopic (exact) mass is 387 g/mol. The number of nitrogens with one attached hydrogen (secondary N) is 1. The van der Waals surface area contributed by atoms with Gasteiger partial charge in [-0.3, -0.25) is 4.57 Å². The summed E-state index contributed by atoms with van der Waals surface area (Å²) in [5.74, 6) is 1.68. The molecule has 1 aliphatic rings. The summed E-state index contributed by atoms with van der Waals surface area (Å²) < 4.78 is 7.95. The van der Waals surface area contributed by atoms with E-state index in [1.165, 1.54) is 11.3 Å². The Morgan fingerprint density at radius 1 is 1.16 bits per heavy atom. The fraction of sp³-hybridized carbons (Fsp3) is 0.111. The minimum atomic E-state index is -0.273. The molecule has 0 saturated heterocycles. The summed E-state index contributed by atoms with van der Waals surface area (Å²) in [6.07, 6.45) is -0.273. The van der Waals surface area contributed by atoms with Crippen molar-refractivity contribution >= 4 is 46.1 Å². The quantitative estimate of drug-likeness (QED) is 0.612. The molecule has 4 rings (SSSR count). The predicted octanol–water partition coefficient (Wildman–Crippen LogP) is 5.39. The molecule has 1 aromatic heterocycles. The number of rotatable bonds is 3. The summed E-state index contributed by atoms with van der Waals surface area (Å²) in [6, 6.07) is 17.8. The van der Waals surface area contributed by atoms with E-state index in [2.05, 4.69) is 10.3 Å². The molecule has 3 aromatic rings. The highest BCUT2D eigenvalue weighted by Crippen LogP contribution is 2.37. The molecule has 0 spiro atoms. The van der Waals surface area contributed by atoms with Gasteiger partial charge in [0.1, 0.15) is 27.8 Å². The highest BCUT2D eigenvalue weighted by molar-refractivity contribution is 7.73. The summed E-state index contributed by atoms with van der Waals surface area (Å²) >= 11 is 13.5. The van der Waals surface area contributed by atoms with Crippen molar-refractivity contribution in [3.05, 3.63) is 69.0 Å². The standard InChI is InChI=1S/C18H14ClN3OS2/c1-23-13-9-7-11(8-10-13)16-20-15(19)14-17(21-16)22(18(24)25-14)12-5-3-2-4-6-12/h2-10,16,21H,1H3. The van der Waals surface area contributed by atoms with E-state index in [0.717, 1.165) is 31.6 Å². The third-order valence-electron chi connectivity index (χ3n) is 3.96. The lowest BCUT2D eigenvalue weighted by molar-refractivity contribution is 0.414. The minimum Gasteiger partial charge on any atom is -0.497 e. The van der Waals surface area contributed by atoms with E-state index in [0.29, 0.717) is 5.17 Å². The fourth-order valence-electron chi connectivity index (χ4n) is 2.73. The SMILES string of the molecule is COc1ccc(C2N=C(Cl)c3sc(=S)n(-c4ccccc4)c3N2)cc1. The summed E-state index contributed by atoms with van der Waals surface area (Å²) in [5.41, 5.74) is 2.00. The predicted molar refractivity (Wildman–Crippen MR) is 106 cm³/mol. The maximum atomic E-state index is 6.46. The topological polar surface area (TPSA) is 38.5 Å². The molecule has 0 fully saturated rings. The number of aliphatic imine (C=N–C) groups is 1. The van der Waals surface area contributed by atoms with Gasteiger partial charge in [0, 0.05) is 5.69 Å². The zero-order chi connectivity index (χ0) is 17.4. The summed E-state index contributed by atoms with van der Waals surface area (Å²) in [5, 5.41) is 3.94. The lowest BCUT2D eigenvalue weighted by atomic mass is 10.1. The Kier molecular flexibility index (Phi) is 4.33. The van der Waals surface area contributed by atoms with Crippen LogP contribution in [0.15, 0.2) is 59.6 Å². The minimum absolute atomic E-state index is 0.273. The number of hydrogen-bond donors (Lipinski definition) is 1. The number of aromatic nitrogens is 1. The number of thiazole rings is 1. The van der Waals surface area contributed by atoms with Crippen LogP contribution in [0, 0.1) is 3.95 Å². The molecule has 2 aromatic carbocycles. The van der Waals surface area contributed by atoms with Crippen LogP contribution in [-0.2, 0) is 0 Å². The van der Waals surface area contributed by atoms with Crippen molar-refractivity contribution < 1.29 is 4.74 Å². The molecular formula is C18H14ClN3OS2. The molecule has 25 heavy (non-hydrogen) atoms. The van der Waals surface area contributed by atoms with Crippen molar-refractivity contribution in [1.82, 2.24) is 4.57 Å². The van der Waals surface area contributed by atoms with Gasteiger partial charge in [0.2, 0.25) is 0 Å². The number of benzene rings is 2. The van der Waals surface area contributed by atoms with Gasteiger partial charge in [0.05, 0.1) is 7.11 Å². The van der Waals surface area contributed by atoms with Crippen LogP contribution in [0.25, 0.3) is 5.69 Å². The molecule has 0 bridgehead atoms. The molecule has 1 unspecified atom stereocenters. The van der Waals surface area contributed by atoms with E-state index in [9.17, 15) is 0 Å². The van der Waals surface area contributed by atoms with Crippen molar-refractivity contribution in [2.24, 2.45) is 4.99 Å². The first-order valence-corrected chi connectivity index (χ1v) is 9.23. The Bertz CT molecular complexity index is 993. The highest BCUT2D eigenvalue weighted by atomic mass is 35.5. The van der Waals surface area contributed by atoms with E-state index in [-0.39, 0.29) is 6.17 Å². The number of para-hydroxylation sites is 1. The number of fused-ring (bicyclic) bond motifs is 1. The molecular weight excluding hydrogens is 374 g/mol. The average Bonchev–Trinajstić information content (AvgIpc) is 2.99. The largest absolute Gasteiger partial charge is 0.497 e.